The normalized spacial score (nSPS) is 10.3. The van der Waals surface area contributed by atoms with Gasteiger partial charge in [-0.25, -0.2) is 0 Å². The van der Waals surface area contributed by atoms with Crippen LogP contribution < -0.4 is 4.74 Å². The quantitative estimate of drug-likeness (QED) is 0.651. The number of benzene rings is 1. The highest BCUT2D eigenvalue weighted by atomic mass is 35.5. The van der Waals surface area contributed by atoms with Crippen LogP contribution in [0.1, 0.15) is 38.2 Å². The van der Waals surface area contributed by atoms with Crippen LogP contribution in [0.3, 0.4) is 0 Å². The van der Waals surface area contributed by atoms with Crippen LogP contribution in [-0.4, -0.2) is 7.11 Å². The molecule has 0 heterocycles. The van der Waals surface area contributed by atoms with Crippen LogP contribution in [0.4, 0.5) is 0 Å². The van der Waals surface area contributed by atoms with E-state index in [4.69, 9.17) is 16.3 Å². The van der Waals surface area contributed by atoms with Crippen LogP contribution in [0, 0.1) is 0 Å². The van der Waals surface area contributed by atoms with Crippen molar-refractivity contribution in [2.45, 2.75) is 39.0 Å². The third-order valence-corrected chi connectivity index (χ3v) is 2.93. The van der Waals surface area contributed by atoms with Crippen molar-refractivity contribution >= 4 is 11.6 Å². The summed E-state index contributed by atoms with van der Waals surface area (Å²) in [5.74, 6) is 0.916. The van der Waals surface area contributed by atoms with Gasteiger partial charge in [-0.3, -0.25) is 0 Å². The Labute approximate surface area is 97.4 Å². The smallest absolute Gasteiger partial charge is 0.123 e. The van der Waals surface area contributed by atoms with Gasteiger partial charge in [0.15, 0.2) is 0 Å². The predicted octanol–water partition coefficient (Wildman–Crippen LogP) is 4.47. The summed E-state index contributed by atoms with van der Waals surface area (Å²) in [7, 11) is 1.70. The van der Waals surface area contributed by atoms with Gasteiger partial charge in [-0.2, -0.15) is 0 Å². The summed E-state index contributed by atoms with van der Waals surface area (Å²) in [5.41, 5.74) is 1.15. The molecule has 0 atom stereocenters. The molecule has 0 bridgehead atoms. The summed E-state index contributed by atoms with van der Waals surface area (Å²) >= 11 is 6.14. The fourth-order valence-corrected chi connectivity index (χ4v) is 1.96. The second-order valence-electron chi connectivity index (χ2n) is 3.73. The Morgan fingerprint density at radius 3 is 2.67 bits per heavy atom. The fourth-order valence-electron chi connectivity index (χ4n) is 1.70. The van der Waals surface area contributed by atoms with Crippen molar-refractivity contribution in [1.29, 1.82) is 0 Å². The minimum absolute atomic E-state index is 0.825. The van der Waals surface area contributed by atoms with Crippen LogP contribution in [0.5, 0.6) is 5.75 Å². The standard InChI is InChI=1S/C13H19ClO/c1-3-4-5-6-8-11-12(14)9-7-10-13(11)15-2/h7,9-10H,3-6,8H2,1-2H3. The molecule has 84 valence electrons. The molecule has 0 saturated carbocycles. The lowest BCUT2D eigenvalue weighted by atomic mass is 10.1. The first-order chi connectivity index (χ1) is 7.29. The number of hydrogen-bond donors (Lipinski definition) is 0. The summed E-state index contributed by atoms with van der Waals surface area (Å²) in [6, 6.07) is 5.83. The number of ether oxygens (including phenoxy) is 1. The minimum atomic E-state index is 0.825. The maximum absolute atomic E-state index is 6.14. The fraction of sp³-hybridized carbons (Fsp3) is 0.538. The predicted molar refractivity (Wildman–Crippen MR) is 65.9 cm³/mol. The van der Waals surface area contributed by atoms with Crippen molar-refractivity contribution in [3.05, 3.63) is 28.8 Å². The first-order valence-electron chi connectivity index (χ1n) is 5.61. The Balaban J connectivity index is 2.58. The van der Waals surface area contributed by atoms with Crippen molar-refractivity contribution < 1.29 is 4.74 Å². The second kappa shape index (κ2) is 6.73. The lowest BCUT2D eigenvalue weighted by Gasteiger charge is -2.09. The van der Waals surface area contributed by atoms with E-state index in [1.807, 2.05) is 18.2 Å². The molecule has 1 aromatic rings. The summed E-state index contributed by atoms with van der Waals surface area (Å²) < 4.78 is 5.30. The first-order valence-corrected chi connectivity index (χ1v) is 5.98. The van der Waals surface area contributed by atoms with E-state index in [2.05, 4.69) is 6.92 Å². The van der Waals surface area contributed by atoms with Gasteiger partial charge < -0.3 is 4.74 Å². The van der Waals surface area contributed by atoms with E-state index in [-0.39, 0.29) is 0 Å². The van der Waals surface area contributed by atoms with E-state index in [0.717, 1.165) is 22.8 Å². The molecular formula is C13H19ClO. The van der Waals surface area contributed by atoms with Crippen LogP contribution in [0.15, 0.2) is 18.2 Å². The summed E-state index contributed by atoms with van der Waals surface area (Å²) in [5, 5.41) is 0.825. The third kappa shape index (κ3) is 3.75. The third-order valence-electron chi connectivity index (χ3n) is 2.58. The zero-order valence-corrected chi connectivity index (χ0v) is 10.3. The Morgan fingerprint density at radius 2 is 2.00 bits per heavy atom. The zero-order chi connectivity index (χ0) is 11.1. The molecule has 1 aromatic carbocycles. The van der Waals surface area contributed by atoms with Gasteiger partial charge in [-0.1, -0.05) is 43.9 Å². The molecule has 0 saturated heterocycles. The monoisotopic (exact) mass is 226 g/mol. The Morgan fingerprint density at radius 1 is 1.20 bits per heavy atom. The molecule has 15 heavy (non-hydrogen) atoms. The molecule has 1 rings (SSSR count). The maximum atomic E-state index is 6.14. The molecule has 0 fully saturated rings. The number of hydrogen-bond acceptors (Lipinski definition) is 1. The lowest BCUT2D eigenvalue weighted by Crippen LogP contribution is -1.93. The van der Waals surface area contributed by atoms with E-state index in [9.17, 15) is 0 Å². The molecule has 2 heteroatoms. The van der Waals surface area contributed by atoms with Crippen LogP contribution in [-0.2, 0) is 6.42 Å². The Bertz CT molecular complexity index is 297. The topological polar surface area (TPSA) is 9.23 Å². The van der Waals surface area contributed by atoms with Gasteiger partial charge in [0, 0.05) is 10.6 Å². The lowest BCUT2D eigenvalue weighted by molar-refractivity contribution is 0.409. The molecule has 0 radical (unpaired) electrons. The number of halogens is 1. The minimum Gasteiger partial charge on any atom is -0.496 e. The first kappa shape index (κ1) is 12.4. The molecule has 0 unspecified atom stereocenters. The SMILES string of the molecule is CCCCCCc1c(Cl)cccc1OC. The number of unbranched alkanes of at least 4 members (excludes halogenated alkanes) is 3. The Hall–Kier alpha value is -0.690. The molecule has 0 aliphatic heterocycles. The molecule has 0 amide bonds. The largest absolute Gasteiger partial charge is 0.496 e. The summed E-state index contributed by atoms with van der Waals surface area (Å²) in [6.45, 7) is 2.22. The van der Waals surface area contributed by atoms with Crippen LogP contribution in [0.2, 0.25) is 5.02 Å². The Kier molecular flexibility index (Phi) is 5.56. The number of rotatable bonds is 6. The van der Waals surface area contributed by atoms with Gasteiger partial charge >= 0.3 is 0 Å². The van der Waals surface area contributed by atoms with Crippen molar-refractivity contribution in [1.82, 2.24) is 0 Å². The van der Waals surface area contributed by atoms with Gasteiger partial charge in [0.25, 0.3) is 0 Å². The van der Waals surface area contributed by atoms with Crippen molar-refractivity contribution in [3.63, 3.8) is 0 Å². The van der Waals surface area contributed by atoms with Gasteiger partial charge in [0.2, 0.25) is 0 Å². The maximum Gasteiger partial charge on any atom is 0.123 e. The molecular weight excluding hydrogens is 208 g/mol. The highest BCUT2D eigenvalue weighted by Crippen LogP contribution is 2.27. The summed E-state index contributed by atoms with van der Waals surface area (Å²) in [6.07, 6.45) is 6.04. The average Bonchev–Trinajstić information content (AvgIpc) is 2.26. The van der Waals surface area contributed by atoms with E-state index in [0.29, 0.717) is 0 Å². The van der Waals surface area contributed by atoms with Gasteiger partial charge in [0.1, 0.15) is 5.75 Å². The van der Waals surface area contributed by atoms with E-state index < -0.39 is 0 Å². The van der Waals surface area contributed by atoms with Crippen molar-refractivity contribution in [2.75, 3.05) is 7.11 Å². The zero-order valence-electron chi connectivity index (χ0n) is 9.55. The van der Waals surface area contributed by atoms with Crippen LogP contribution >= 0.6 is 11.6 Å². The molecule has 0 aromatic heterocycles. The van der Waals surface area contributed by atoms with Crippen LogP contribution in [0.25, 0.3) is 0 Å². The van der Waals surface area contributed by atoms with Crippen molar-refractivity contribution in [3.8, 4) is 5.75 Å². The van der Waals surface area contributed by atoms with E-state index in [1.165, 1.54) is 25.7 Å². The van der Waals surface area contributed by atoms with Crippen molar-refractivity contribution in [2.24, 2.45) is 0 Å². The highest BCUT2D eigenvalue weighted by Gasteiger charge is 2.06. The number of methoxy groups -OCH3 is 1. The van der Waals surface area contributed by atoms with E-state index >= 15 is 0 Å². The highest BCUT2D eigenvalue weighted by molar-refractivity contribution is 6.31. The van der Waals surface area contributed by atoms with Gasteiger partial charge in [-0.15, -0.1) is 0 Å². The van der Waals surface area contributed by atoms with Gasteiger partial charge in [0.05, 0.1) is 7.11 Å². The molecule has 0 spiro atoms. The molecule has 0 aliphatic rings. The average molecular weight is 227 g/mol. The molecule has 0 aliphatic carbocycles. The van der Waals surface area contributed by atoms with E-state index in [1.54, 1.807) is 7.11 Å². The van der Waals surface area contributed by atoms with Gasteiger partial charge in [-0.05, 0) is 25.0 Å². The molecule has 1 nitrogen and oxygen atoms in total. The second-order valence-corrected chi connectivity index (χ2v) is 4.14. The summed E-state index contributed by atoms with van der Waals surface area (Å²) in [4.78, 5) is 0. The molecule has 0 N–H and O–H groups in total.